The zero-order valence-corrected chi connectivity index (χ0v) is 12.1. The van der Waals surface area contributed by atoms with Crippen molar-refractivity contribution in [3.8, 4) is 0 Å². The van der Waals surface area contributed by atoms with Gasteiger partial charge in [-0.25, -0.2) is 0 Å². The number of amides is 1. The summed E-state index contributed by atoms with van der Waals surface area (Å²) in [5.41, 5.74) is 3.73. The summed E-state index contributed by atoms with van der Waals surface area (Å²) in [4.78, 5) is 14.3. The molecule has 1 amide bonds. The minimum absolute atomic E-state index is 0.0632. The second-order valence-corrected chi connectivity index (χ2v) is 4.32. The van der Waals surface area contributed by atoms with E-state index in [4.69, 9.17) is 15.3 Å². The quantitative estimate of drug-likeness (QED) is 0.402. The molecule has 0 unspecified atom stereocenters. The van der Waals surface area contributed by atoms with E-state index in [9.17, 15) is 4.79 Å². The molecule has 0 spiro atoms. The van der Waals surface area contributed by atoms with Crippen LogP contribution in [0.2, 0.25) is 0 Å². The van der Waals surface area contributed by atoms with Crippen LogP contribution in [0.25, 0.3) is 0 Å². The molecular weight excluding hydrogens is 258 g/mol. The van der Waals surface area contributed by atoms with E-state index in [0.717, 1.165) is 6.42 Å². The fourth-order valence-corrected chi connectivity index (χ4v) is 1.88. The maximum Gasteiger partial charge on any atom is 0.256 e. The first-order valence-corrected chi connectivity index (χ1v) is 6.57. The van der Waals surface area contributed by atoms with E-state index in [1.54, 1.807) is 31.3 Å². The maximum atomic E-state index is 12.6. The van der Waals surface area contributed by atoms with Crippen LogP contribution >= 0.6 is 0 Å². The summed E-state index contributed by atoms with van der Waals surface area (Å²) in [6.07, 6.45) is 0.782. The van der Waals surface area contributed by atoms with Gasteiger partial charge in [0.15, 0.2) is 0 Å². The SMILES string of the molecule is COCCCN(CCOC)C(=O)c1ccccc1NN. The molecule has 0 bridgehead atoms. The van der Waals surface area contributed by atoms with Gasteiger partial charge >= 0.3 is 0 Å². The summed E-state index contributed by atoms with van der Waals surface area (Å²) in [6, 6.07) is 7.18. The van der Waals surface area contributed by atoms with Gasteiger partial charge < -0.3 is 19.8 Å². The first-order chi connectivity index (χ1) is 9.74. The third kappa shape index (κ3) is 4.80. The second-order valence-electron chi connectivity index (χ2n) is 4.32. The number of para-hydroxylation sites is 1. The predicted octanol–water partition coefficient (Wildman–Crippen LogP) is 1.10. The smallest absolute Gasteiger partial charge is 0.256 e. The van der Waals surface area contributed by atoms with Crippen molar-refractivity contribution in [3.05, 3.63) is 29.8 Å². The molecule has 0 saturated heterocycles. The highest BCUT2D eigenvalue weighted by Crippen LogP contribution is 2.16. The number of hydrogen-bond acceptors (Lipinski definition) is 5. The molecule has 0 aromatic heterocycles. The van der Waals surface area contributed by atoms with E-state index >= 15 is 0 Å². The van der Waals surface area contributed by atoms with Crippen LogP contribution in [0.15, 0.2) is 24.3 Å². The number of nitrogens with two attached hydrogens (primary N) is 1. The summed E-state index contributed by atoms with van der Waals surface area (Å²) in [7, 11) is 3.27. The molecule has 1 aromatic carbocycles. The van der Waals surface area contributed by atoms with Gasteiger partial charge in [-0.1, -0.05) is 12.1 Å². The van der Waals surface area contributed by atoms with Crippen molar-refractivity contribution in [2.45, 2.75) is 6.42 Å². The third-order valence-electron chi connectivity index (χ3n) is 2.94. The molecular formula is C14H23N3O3. The largest absolute Gasteiger partial charge is 0.385 e. The van der Waals surface area contributed by atoms with Crippen molar-refractivity contribution in [2.24, 2.45) is 5.84 Å². The lowest BCUT2D eigenvalue weighted by atomic mass is 10.1. The molecule has 3 N–H and O–H groups in total. The molecule has 1 aromatic rings. The number of ether oxygens (including phenoxy) is 2. The molecule has 112 valence electrons. The lowest BCUT2D eigenvalue weighted by Crippen LogP contribution is -2.35. The first-order valence-electron chi connectivity index (χ1n) is 6.57. The van der Waals surface area contributed by atoms with Gasteiger partial charge in [-0.05, 0) is 18.6 Å². The Balaban J connectivity index is 2.79. The second kappa shape index (κ2) is 9.30. The fourth-order valence-electron chi connectivity index (χ4n) is 1.88. The number of anilines is 1. The number of hydrazine groups is 1. The molecule has 0 aliphatic carbocycles. The highest BCUT2D eigenvalue weighted by atomic mass is 16.5. The number of methoxy groups -OCH3 is 2. The standard InChI is InChI=1S/C14H23N3O3/c1-19-10-5-8-17(9-11-20-2)14(18)12-6-3-4-7-13(12)16-15/h3-4,6-7,16H,5,8-11,15H2,1-2H3. The van der Waals surface area contributed by atoms with Crippen molar-refractivity contribution < 1.29 is 14.3 Å². The Kier molecular flexibility index (Phi) is 7.64. The van der Waals surface area contributed by atoms with Gasteiger partial charge in [-0.15, -0.1) is 0 Å². The maximum absolute atomic E-state index is 12.6. The number of hydrogen-bond donors (Lipinski definition) is 2. The van der Waals surface area contributed by atoms with Gasteiger partial charge in [0.1, 0.15) is 0 Å². The van der Waals surface area contributed by atoms with Gasteiger partial charge in [-0.2, -0.15) is 0 Å². The average Bonchev–Trinajstić information content (AvgIpc) is 2.50. The number of nitrogen functional groups attached to an aromatic ring is 1. The van der Waals surface area contributed by atoms with Crippen molar-refractivity contribution in [3.63, 3.8) is 0 Å². The number of carbonyl (C=O) groups is 1. The summed E-state index contributed by atoms with van der Waals surface area (Å²) >= 11 is 0. The average molecular weight is 281 g/mol. The zero-order chi connectivity index (χ0) is 14.8. The van der Waals surface area contributed by atoms with E-state index in [0.29, 0.717) is 37.6 Å². The molecule has 6 heteroatoms. The van der Waals surface area contributed by atoms with Crippen LogP contribution in [0.4, 0.5) is 5.69 Å². The fraction of sp³-hybridized carbons (Fsp3) is 0.500. The van der Waals surface area contributed by atoms with Crippen molar-refractivity contribution in [1.29, 1.82) is 0 Å². The van der Waals surface area contributed by atoms with Crippen molar-refractivity contribution in [1.82, 2.24) is 4.90 Å². The zero-order valence-electron chi connectivity index (χ0n) is 12.1. The Morgan fingerprint density at radius 1 is 1.20 bits per heavy atom. The van der Waals surface area contributed by atoms with Crippen LogP contribution in [-0.2, 0) is 9.47 Å². The Labute approximate surface area is 119 Å². The van der Waals surface area contributed by atoms with Crippen molar-refractivity contribution >= 4 is 11.6 Å². The Hall–Kier alpha value is -1.63. The van der Waals surface area contributed by atoms with Gasteiger partial charge in [0.2, 0.25) is 0 Å². The molecule has 6 nitrogen and oxygen atoms in total. The number of rotatable bonds is 9. The number of nitrogens with zero attached hydrogens (tertiary/aromatic N) is 1. The van der Waals surface area contributed by atoms with E-state index in [2.05, 4.69) is 5.43 Å². The van der Waals surface area contributed by atoms with Crippen LogP contribution in [0, 0.1) is 0 Å². The summed E-state index contributed by atoms with van der Waals surface area (Å²) in [5.74, 6) is 5.38. The van der Waals surface area contributed by atoms with E-state index < -0.39 is 0 Å². The number of carbonyl (C=O) groups excluding carboxylic acids is 1. The molecule has 0 radical (unpaired) electrons. The molecule has 0 heterocycles. The van der Waals surface area contributed by atoms with Gasteiger partial charge in [0.25, 0.3) is 5.91 Å². The molecule has 0 fully saturated rings. The monoisotopic (exact) mass is 281 g/mol. The lowest BCUT2D eigenvalue weighted by molar-refractivity contribution is 0.0675. The molecule has 1 rings (SSSR count). The number of benzene rings is 1. The van der Waals surface area contributed by atoms with Crippen LogP contribution in [0.3, 0.4) is 0 Å². The molecule has 20 heavy (non-hydrogen) atoms. The normalized spacial score (nSPS) is 10.3. The first kappa shape index (κ1) is 16.4. The predicted molar refractivity (Wildman–Crippen MR) is 78.5 cm³/mol. The number of nitrogens with one attached hydrogen (secondary N) is 1. The highest BCUT2D eigenvalue weighted by Gasteiger charge is 2.17. The van der Waals surface area contributed by atoms with E-state index in [1.165, 1.54) is 0 Å². The van der Waals surface area contributed by atoms with E-state index in [1.807, 2.05) is 12.1 Å². The highest BCUT2D eigenvalue weighted by molar-refractivity contribution is 5.99. The van der Waals surface area contributed by atoms with Crippen LogP contribution in [0.1, 0.15) is 16.8 Å². The Bertz CT molecular complexity index is 412. The summed E-state index contributed by atoms with van der Waals surface area (Å²) in [6.45, 7) is 2.28. The third-order valence-corrected chi connectivity index (χ3v) is 2.94. The Morgan fingerprint density at radius 2 is 1.90 bits per heavy atom. The topological polar surface area (TPSA) is 76.8 Å². The minimum atomic E-state index is -0.0632. The molecule has 0 aliphatic heterocycles. The summed E-state index contributed by atoms with van der Waals surface area (Å²) < 4.78 is 10.1. The van der Waals surface area contributed by atoms with Gasteiger partial charge in [0, 0.05) is 33.9 Å². The van der Waals surface area contributed by atoms with Gasteiger partial charge in [0.05, 0.1) is 17.9 Å². The van der Waals surface area contributed by atoms with Crippen LogP contribution in [0.5, 0.6) is 0 Å². The summed E-state index contributed by atoms with van der Waals surface area (Å²) in [5, 5.41) is 0. The molecule has 0 saturated carbocycles. The van der Waals surface area contributed by atoms with Gasteiger partial charge in [-0.3, -0.25) is 10.6 Å². The van der Waals surface area contributed by atoms with Crippen LogP contribution in [-0.4, -0.2) is 51.3 Å². The van der Waals surface area contributed by atoms with Crippen molar-refractivity contribution in [2.75, 3.05) is 45.9 Å². The minimum Gasteiger partial charge on any atom is -0.385 e. The lowest BCUT2D eigenvalue weighted by Gasteiger charge is -2.23. The van der Waals surface area contributed by atoms with E-state index in [-0.39, 0.29) is 5.91 Å². The molecule has 0 atom stereocenters. The van der Waals surface area contributed by atoms with Crippen LogP contribution < -0.4 is 11.3 Å². The Morgan fingerprint density at radius 3 is 2.55 bits per heavy atom. The molecule has 0 aliphatic rings.